The Morgan fingerprint density at radius 1 is 1.27 bits per heavy atom. The molecule has 0 unspecified atom stereocenters. The summed E-state index contributed by atoms with van der Waals surface area (Å²) in [6, 6.07) is 6.13. The van der Waals surface area contributed by atoms with Crippen molar-refractivity contribution in [3.8, 4) is 0 Å². The molecule has 80 valence electrons. The molecule has 0 fully saturated rings. The molecule has 2 nitrogen and oxygen atoms in total. The van der Waals surface area contributed by atoms with Gasteiger partial charge in [-0.3, -0.25) is 0 Å². The molecule has 1 N–H and O–H groups in total. The predicted octanol–water partition coefficient (Wildman–Crippen LogP) is 2.71. The third-order valence-corrected chi connectivity index (χ3v) is 2.90. The van der Waals surface area contributed by atoms with Gasteiger partial charge in [-0.2, -0.15) is 0 Å². The summed E-state index contributed by atoms with van der Waals surface area (Å²) in [6.45, 7) is 5.72. The fraction of sp³-hybridized carbons (Fsp3) is 0.385. The largest absolute Gasteiger partial charge is 0.386 e. The Morgan fingerprint density at radius 3 is 2.53 bits per heavy atom. The standard InChI is InChI=1S/C13H17NO/c1-9-8-14(4)12-7-10(13(2,3)15)5-6-11(9)12/h5-8,15H,1-4H3. The summed E-state index contributed by atoms with van der Waals surface area (Å²) in [5.74, 6) is 0. The molecule has 0 radical (unpaired) electrons. The molecular weight excluding hydrogens is 186 g/mol. The maximum Gasteiger partial charge on any atom is 0.0841 e. The summed E-state index contributed by atoms with van der Waals surface area (Å²) in [7, 11) is 2.03. The van der Waals surface area contributed by atoms with E-state index in [-0.39, 0.29) is 0 Å². The second-order valence-corrected chi connectivity index (χ2v) is 4.71. The highest BCUT2D eigenvalue weighted by molar-refractivity contribution is 5.84. The number of aryl methyl sites for hydroxylation is 2. The van der Waals surface area contributed by atoms with Crippen LogP contribution in [0.15, 0.2) is 24.4 Å². The first-order valence-electron chi connectivity index (χ1n) is 5.18. The van der Waals surface area contributed by atoms with E-state index in [1.54, 1.807) is 0 Å². The monoisotopic (exact) mass is 203 g/mol. The van der Waals surface area contributed by atoms with Gasteiger partial charge < -0.3 is 9.67 Å². The SMILES string of the molecule is Cc1cn(C)c2cc(C(C)(C)O)ccc12. The summed E-state index contributed by atoms with van der Waals surface area (Å²) < 4.78 is 2.10. The van der Waals surface area contributed by atoms with E-state index < -0.39 is 5.60 Å². The van der Waals surface area contributed by atoms with Crippen LogP contribution in [0.25, 0.3) is 10.9 Å². The van der Waals surface area contributed by atoms with Crippen molar-refractivity contribution in [3.05, 3.63) is 35.5 Å². The van der Waals surface area contributed by atoms with E-state index in [0.717, 1.165) is 5.56 Å². The van der Waals surface area contributed by atoms with E-state index in [0.29, 0.717) is 0 Å². The summed E-state index contributed by atoms with van der Waals surface area (Å²) in [4.78, 5) is 0. The number of fused-ring (bicyclic) bond motifs is 1. The van der Waals surface area contributed by atoms with E-state index in [1.807, 2.05) is 27.0 Å². The normalized spacial score (nSPS) is 12.3. The number of benzene rings is 1. The second-order valence-electron chi connectivity index (χ2n) is 4.71. The van der Waals surface area contributed by atoms with Gasteiger partial charge in [0, 0.05) is 24.1 Å². The van der Waals surface area contributed by atoms with E-state index in [4.69, 9.17) is 0 Å². The molecule has 0 amide bonds. The third kappa shape index (κ3) is 1.65. The smallest absolute Gasteiger partial charge is 0.0841 e. The molecule has 0 aliphatic heterocycles. The van der Waals surface area contributed by atoms with Crippen molar-refractivity contribution >= 4 is 10.9 Å². The van der Waals surface area contributed by atoms with Crippen LogP contribution in [0, 0.1) is 6.92 Å². The van der Waals surface area contributed by atoms with E-state index in [9.17, 15) is 5.11 Å². The van der Waals surface area contributed by atoms with Crippen molar-refractivity contribution in [2.45, 2.75) is 26.4 Å². The van der Waals surface area contributed by atoms with Crippen LogP contribution in [-0.2, 0) is 12.6 Å². The van der Waals surface area contributed by atoms with Gasteiger partial charge in [0.25, 0.3) is 0 Å². The zero-order chi connectivity index (χ0) is 11.2. The van der Waals surface area contributed by atoms with Gasteiger partial charge in [0.15, 0.2) is 0 Å². The fourth-order valence-electron chi connectivity index (χ4n) is 1.97. The van der Waals surface area contributed by atoms with Crippen LogP contribution in [0.3, 0.4) is 0 Å². The van der Waals surface area contributed by atoms with Crippen LogP contribution < -0.4 is 0 Å². The number of aliphatic hydroxyl groups is 1. The molecule has 0 saturated heterocycles. The van der Waals surface area contributed by atoms with E-state index >= 15 is 0 Å². The van der Waals surface area contributed by atoms with Gasteiger partial charge in [-0.15, -0.1) is 0 Å². The van der Waals surface area contributed by atoms with Gasteiger partial charge in [-0.05, 0) is 38.0 Å². The molecule has 0 spiro atoms. The molecule has 2 aromatic rings. The molecule has 1 heterocycles. The number of aromatic nitrogens is 1. The van der Waals surface area contributed by atoms with Gasteiger partial charge in [-0.25, -0.2) is 0 Å². The lowest BCUT2D eigenvalue weighted by Crippen LogP contribution is -2.15. The van der Waals surface area contributed by atoms with E-state index in [2.05, 4.69) is 29.8 Å². The first-order valence-corrected chi connectivity index (χ1v) is 5.18. The lowest BCUT2D eigenvalue weighted by molar-refractivity contribution is 0.0787. The molecule has 0 saturated carbocycles. The third-order valence-electron chi connectivity index (χ3n) is 2.90. The first kappa shape index (κ1) is 10.2. The lowest BCUT2D eigenvalue weighted by Gasteiger charge is -2.17. The minimum atomic E-state index is -0.771. The summed E-state index contributed by atoms with van der Waals surface area (Å²) in [6.07, 6.45) is 2.11. The number of hydrogen-bond donors (Lipinski definition) is 1. The van der Waals surface area contributed by atoms with Crippen LogP contribution in [0.5, 0.6) is 0 Å². The predicted molar refractivity (Wildman–Crippen MR) is 62.9 cm³/mol. The molecule has 2 rings (SSSR count). The number of nitrogens with zero attached hydrogens (tertiary/aromatic N) is 1. The topological polar surface area (TPSA) is 25.2 Å². The highest BCUT2D eigenvalue weighted by Gasteiger charge is 2.16. The Bertz CT molecular complexity index is 503. The summed E-state index contributed by atoms with van der Waals surface area (Å²) in [5, 5.41) is 11.2. The van der Waals surface area contributed by atoms with Crippen molar-refractivity contribution in [1.29, 1.82) is 0 Å². The molecule has 0 aliphatic carbocycles. The highest BCUT2D eigenvalue weighted by Crippen LogP contribution is 2.26. The van der Waals surface area contributed by atoms with Gasteiger partial charge in [-0.1, -0.05) is 12.1 Å². The highest BCUT2D eigenvalue weighted by atomic mass is 16.3. The lowest BCUT2D eigenvalue weighted by atomic mass is 9.97. The molecule has 0 aliphatic rings. The first-order chi connectivity index (χ1) is 6.89. The van der Waals surface area contributed by atoms with Gasteiger partial charge in [0.05, 0.1) is 5.60 Å². The fourth-order valence-corrected chi connectivity index (χ4v) is 1.97. The zero-order valence-electron chi connectivity index (χ0n) is 9.70. The van der Waals surface area contributed by atoms with Crippen LogP contribution in [0.1, 0.15) is 25.0 Å². The number of rotatable bonds is 1. The summed E-state index contributed by atoms with van der Waals surface area (Å²) >= 11 is 0. The molecule has 1 aromatic carbocycles. The van der Waals surface area contributed by atoms with Crippen molar-refractivity contribution in [2.75, 3.05) is 0 Å². The zero-order valence-corrected chi connectivity index (χ0v) is 9.70. The van der Waals surface area contributed by atoms with Crippen molar-refractivity contribution < 1.29 is 5.11 Å². The molecule has 1 aromatic heterocycles. The maximum absolute atomic E-state index is 9.94. The van der Waals surface area contributed by atoms with Crippen LogP contribution >= 0.6 is 0 Å². The Morgan fingerprint density at radius 2 is 1.93 bits per heavy atom. The van der Waals surface area contributed by atoms with Crippen molar-refractivity contribution in [2.24, 2.45) is 7.05 Å². The molecule has 2 heteroatoms. The molecule has 15 heavy (non-hydrogen) atoms. The maximum atomic E-state index is 9.94. The second kappa shape index (κ2) is 3.11. The Hall–Kier alpha value is -1.28. The van der Waals surface area contributed by atoms with Crippen molar-refractivity contribution in [1.82, 2.24) is 4.57 Å². The minimum Gasteiger partial charge on any atom is -0.386 e. The van der Waals surface area contributed by atoms with Crippen LogP contribution in [0.2, 0.25) is 0 Å². The molecular formula is C13H17NO. The van der Waals surface area contributed by atoms with Gasteiger partial charge >= 0.3 is 0 Å². The average molecular weight is 203 g/mol. The Balaban J connectivity index is 2.71. The van der Waals surface area contributed by atoms with Crippen LogP contribution in [0.4, 0.5) is 0 Å². The van der Waals surface area contributed by atoms with E-state index in [1.165, 1.54) is 16.5 Å². The Labute approximate surface area is 90.2 Å². The van der Waals surface area contributed by atoms with Gasteiger partial charge in [0.1, 0.15) is 0 Å². The summed E-state index contributed by atoms with van der Waals surface area (Å²) in [5.41, 5.74) is 2.63. The molecule has 0 bridgehead atoms. The minimum absolute atomic E-state index is 0.771. The van der Waals surface area contributed by atoms with Crippen molar-refractivity contribution in [3.63, 3.8) is 0 Å². The Kier molecular flexibility index (Phi) is 2.12. The number of hydrogen-bond acceptors (Lipinski definition) is 1. The quantitative estimate of drug-likeness (QED) is 0.757. The molecule has 0 atom stereocenters. The average Bonchev–Trinajstić information content (AvgIpc) is 2.41. The van der Waals surface area contributed by atoms with Crippen LogP contribution in [-0.4, -0.2) is 9.67 Å². The van der Waals surface area contributed by atoms with Gasteiger partial charge in [0.2, 0.25) is 0 Å².